The van der Waals surface area contributed by atoms with Gasteiger partial charge in [-0.15, -0.1) is 0 Å². The van der Waals surface area contributed by atoms with E-state index in [-0.39, 0.29) is 0 Å². The summed E-state index contributed by atoms with van der Waals surface area (Å²) in [7, 11) is 0. The van der Waals surface area contributed by atoms with Crippen LogP contribution in [0.1, 0.15) is 30.4 Å². The van der Waals surface area contributed by atoms with Gasteiger partial charge in [0.05, 0.1) is 6.10 Å². The van der Waals surface area contributed by atoms with Gasteiger partial charge in [-0.25, -0.2) is 0 Å². The fourth-order valence-corrected chi connectivity index (χ4v) is 0.947. The van der Waals surface area contributed by atoms with Gasteiger partial charge >= 0.3 is 0 Å². The molecule has 1 aromatic rings. The van der Waals surface area contributed by atoms with Gasteiger partial charge in [-0.2, -0.15) is 0 Å². The number of aliphatic hydroxyl groups excluding tert-OH is 2. The summed E-state index contributed by atoms with van der Waals surface area (Å²) in [5, 5.41) is 26.6. The SMILES string of the molecule is CC(O)c1ccc(C(O)O)cc1. The molecule has 0 bridgehead atoms. The molecule has 12 heavy (non-hydrogen) atoms. The summed E-state index contributed by atoms with van der Waals surface area (Å²) < 4.78 is 0. The van der Waals surface area contributed by atoms with Crippen LogP contribution in [0.25, 0.3) is 0 Å². The minimum absolute atomic E-state index is 0.430. The van der Waals surface area contributed by atoms with Crippen molar-refractivity contribution in [2.75, 3.05) is 0 Å². The van der Waals surface area contributed by atoms with Crippen LogP contribution >= 0.6 is 0 Å². The Kier molecular flexibility index (Phi) is 2.81. The van der Waals surface area contributed by atoms with Gasteiger partial charge in [-0.3, -0.25) is 0 Å². The molecule has 1 atom stereocenters. The molecule has 0 radical (unpaired) electrons. The summed E-state index contributed by atoms with van der Waals surface area (Å²) in [5.41, 5.74) is 1.19. The molecule has 1 rings (SSSR count). The first kappa shape index (κ1) is 9.19. The Bertz CT molecular complexity index is 211. The molecule has 0 saturated heterocycles. The second kappa shape index (κ2) is 3.67. The zero-order valence-corrected chi connectivity index (χ0v) is 6.81. The van der Waals surface area contributed by atoms with Gasteiger partial charge in [-0.05, 0) is 12.5 Å². The van der Waals surface area contributed by atoms with E-state index >= 15 is 0 Å². The minimum atomic E-state index is -1.44. The Balaban J connectivity index is 2.86. The average Bonchev–Trinajstić information content (AvgIpc) is 2.04. The largest absolute Gasteiger partial charge is 0.389 e. The maximum Gasteiger partial charge on any atom is 0.178 e. The smallest absolute Gasteiger partial charge is 0.178 e. The molecular weight excluding hydrogens is 156 g/mol. The highest BCUT2D eigenvalue weighted by molar-refractivity contribution is 5.24. The lowest BCUT2D eigenvalue weighted by Crippen LogP contribution is -1.96. The van der Waals surface area contributed by atoms with Crippen LogP contribution in [-0.2, 0) is 0 Å². The molecule has 0 aromatic heterocycles. The van der Waals surface area contributed by atoms with E-state index in [4.69, 9.17) is 15.3 Å². The van der Waals surface area contributed by atoms with Crippen LogP contribution in [0.4, 0.5) is 0 Å². The molecule has 1 unspecified atom stereocenters. The lowest BCUT2D eigenvalue weighted by atomic mass is 10.1. The van der Waals surface area contributed by atoms with Gasteiger partial charge < -0.3 is 15.3 Å². The van der Waals surface area contributed by atoms with Crippen molar-refractivity contribution in [2.45, 2.75) is 19.3 Å². The highest BCUT2D eigenvalue weighted by Crippen LogP contribution is 2.15. The summed E-state index contributed by atoms with van der Waals surface area (Å²) in [6.45, 7) is 1.66. The highest BCUT2D eigenvalue weighted by atomic mass is 16.5. The summed E-state index contributed by atoms with van der Waals surface area (Å²) in [4.78, 5) is 0. The summed E-state index contributed by atoms with van der Waals surface area (Å²) in [5.74, 6) is 0. The second-order valence-corrected chi connectivity index (χ2v) is 2.72. The maximum absolute atomic E-state index is 9.13. The summed E-state index contributed by atoms with van der Waals surface area (Å²) in [6, 6.07) is 6.48. The number of hydrogen-bond acceptors (Lipinski definition) is 3. The molecule has 0 aliphatic heterocycles. The van der Waals surface area contributed by atoms with Gasteiger partial charge in [0.1, 0.15) is 0 Å². The van der Waals surface area contributed by atoms with E-state index < -0.39 is 12.4 Å². The molecule has 0 saturated carbocycles. The van der Waals surface area contributed by atoms with Crippen molar-refractivity contribution in [1.29, 1.82) is 0 Å². The van der Waals surface area contributed by atoms with Gasteiger partial charge in [0.2, 0.25) is 0 Å². The molecule has 0 spiro atoms. The van der Waals surface area contributed by atoms with Crippen LogP contribution < -0.4 is 0 Å². The molecule has 3 nitrogen and oxygen atoms in total. The molecular formula is C9H12O3. The van der Waals surface area contributed by atoms with Crippen molar-refractivity contribution in [1.82, 2.24) is 0 Å². The molecule has 66 valence electrons. The molecule has 3 N–H and O–H groups in total. The Morgan fingerprint density at radius 2 is 1.33 bits per heavy atom. The van der Waals surface area contributed by atoms with Crippen molar-refractivity contribution in [3.05, 3.63) is 35.4 Å². The molecule has 0 amide bonds. The highest BCUT2D eigenvalue weighted by Gasteiger charge is 2.03. The van der Waals surface area contributed by atoms with Gasteiger partial charge in [0, 0.05) is 5.56 Å². The average molecular weight is 168 g/mol. The first-order valence-electron chi connectivity index (χ1n) is 3.75. The van der Waals surface area contributed by atoms with Gasteiger partial charge in [-0.1, -0.05) is 24.3 Å². The Hall–Kier alpha value is -0.900. The lowest BCUT2D eigenvalue weighted by Gasteiger charge is -2.06. The molecule has 0 aliphatic carbocycles. The number of rotatable bonds is 2. The van der Waals surface area contributed by atoms with Crippen LogP contribution in [0, 0.1) is 0 Å². The van der Waals surface area contributed by atoms with Crippen LogP contribution in [0.5, 0.6) is 0 Å². The first-order chi connectivity index (χ1) is 5.61. The third-order valence-corrected chi connectivity index (χ3v) is 1.72. The number of benzene rings is 1. The molecule has 1 aromatic carbocycles. The van der Waals surface area contributed by atoms with Crippen molar-refractivity contribution in [3.63, 3.8) is 0 Å². The zero-order chi connectivity index (χ0) is 9.14. The quantitative estimate of drug-likeness (QED) is 0.570. The van der Waals surface area contributed by atoms with Crippen molar-refractivity contribution in [3.8, 4) is 0 Å². The van der Waals surface area contributed by atoms with Crippen molar-refractivity contribution in [2.24, 2.45) is 0 Å². The molecule has 0 fully saturated rings. The molecule has 0 heterocycles. The topological polar surface area (TPSA) is 60.7 Å². The predicted molar refractivity (Wildman–Crippen MR) is 44.3 cm³/mol. The van der Waals surface area contributed by atoms with E-state index in [1.165, 1.54) is 0 Å². The van der Waals surface area contributed by atoms with Crippen molar-refractivity contribution < 1.29 is 15.3 Å². The fourth-order valence-electron chi connectivity index (χ4n) is 0.947. The Morgan fingerprint density at radius 3 is 1.67 bits per heavy atom. The Morgan fingerprint density at radius 1 is 0.917 bits per heavy atom. The molecule has 0 aliphatic rings. The zero-order valence-electron chi connectivity index (χ0n) is 6.81. The normalized spacial score (nSPS) is 13.4. The first-order valence-corrected chi connectivity index (χ1v) is 3.75. The van der Waals surface area contributed by atoms with E-state index in [9.17, 15) is 0 Å². The predicted octanol–water partition coefficient (Wildman–Crippen LogP) is 0.723. The molecule has 3 heteroatoms. The standard InChI is InChI=1S/C9H12O3/c1-6(10)7-2-4-8(5-3-7)9(11)12/h2-6,9-12H,1H3. The number of hydrogen-bond donors (Lipinski definition) is 3. The minimum Gasteiger partial charge on any atom is -0.389 e. The van der Waals surface area contributed by atoms with Crippen LogP contribution in [-0.4, -0.2) is 15.3 Å². The lowest BCUT2D eigenvalue weighted by molar-refractivity contribution is -0.0425. The van der Waals surface area contributed by atoms with Gasteiger partial charge in [0.25, 0.3) is 0 Å². The van der Waals surface area contributed by atoms with E-state index in [1.54, 1.807) is 31.2 Å². The van der Waals surface area contributed by atoms with Gasteiger partial charge in [0.15, 0.2) is 6.29 Å². The number of aliphatic hydroxyl groups is 3. The van der Waals surface area contributed by atoms with Crippen molar-refractivity contribution >= 4 is 0 Å². The van der Waals surface area contributed by atoms with E-state index in [0.717, 1.165) is 5.56 Å². The summed E-state index contributed by atoms with van der Waals surface area (Å²) in [6.07, 6.45) is -1.96. The summed E-state index contributed by atoms with van der Waals surface area (Å²) >= 11 is 0. The maximum atomic E-state index is 9.13. The van der Waals surface area contributed by atoms with Crippen LogP contribution in [0.15, 0.2) is 24.3 Å². The second-order valence-electron chi connectivity index (χ2n) is 2.72. The third-order valence-electron chi connectivity index (χ3n) is 1.72. The van der Waals surface area contributed by atoms with Crippen LogP contribution in [0.2, 0.25) is 0 Å². The van der Waals surface area contributed by atoms with Crippen LogP contribution in [0.3, 0.4) is 0 Å². The van der Waals surface area contributed by atoms with E-state index in [1.807, 2.05) is 0 Å². The monoisotopic (exact) mass is 168 g/mol. The fraction of sp³-hybridized carbons (Fsp3) is 0.333. The Labute approximate surface area is 70.9 Å². The third kappa shape index (κ3) is 2.04. The van der Waals surface area contributed by atoms with E-state index in [2.05, 4.69) is 0 Å². The van der Waals surface area contributed by atoms with E-state index in [0.29, 0.717) is 5.56 Å².